The lowest BCUT2D eigenvalue weighted by molar-refractivity contribution is -0.130. The summed E-state index contributed by atoms with van der Waals surface area (Å²) in [5.41, 5.74) is 3.32. The molecule has 1 aliphatic heterocycles. The maximum Gasteiger partial charge on any atom is 0.243 e. The van der Waals surface area contributed by atoms with Crippen LogP contribution in [0.25, 0.3) is 0 Å². The monoisotopic (exact) mass is 401 g/mol. The van der Waals surface area contributed by atoms with E-state index in [4.69, 9.17) is 0 Å². The Kier molecular flexibility index (Phi) is 6.36. The molecule has 0 unspecified atom stereocenters. The number of hydrogen-bond acceptors (Lipinski definition) is 4. The van der Waals surface area contributed by atoms with Crippen molar-refractivity contribution in [1.82, 2.24) is 9.21 Å². The molecule has 0 radical (unpaired) electrons. The molecule has 0 aromatic heterocycles. The van der Waals surface area contributed by atoms with Gasteiger partial charge in [0, 0.05) is 31.9 Å². The SMILES string of the molecule is CCc1cccc(C)c1NCC(=O)N1CCN(S(=O)(=O)c2ccccc2)CC1. The van der Waals surface area contributed by atoms with E-state index in [1.54, 1.807) is 35.2 Å². The molecule has 1 N–H and O–H groups in total. The summed E-state index contributed by atoms with van der Waals surface area (Å²) in [7, 11) is -3.50. The Labute approximate surface area is 167 Å². The average Bonchev–Trinajstić information content (AvgIpc) is 2.73. The zero-order valence-corrected chi connectivity index (χ0v) is 17.2. The number of piperazine rings is 1. The Morgan fingerprint density at radius 2 is 1.68 bits per heavy atom. The van der Waals surface area contributed by atoms with E-state index >= 15 is 0 Å². The van der Waals surface area contributed by atoms with Crippen molar-refractivity contribution in [2.75, 3.05) is 38.0 Å². The van der Waals surface area contributed by atoms with Crippen LogP contribution in [-0.4, -0.2) is 56.3 Å². The molecule has 1 amide bonds. The summed E-state index contributed by atoms with van der Waals surface area (Å²) in [6.07, 6.45) is 0.897. The van der Waals surface area contributed by atoms with Gasteiger partial charge in [-0.2, -0.15) is 4.31 Å². The first-order chi connectivity index (χ1) is 13.4. The summed E-state index contributed by atoms with van der Waals surface area (Å²) in [5, 5.41) is 3.27. The van der Waals surface area contributed by atoms with Crippen LogP contribution in [0.5, 0.6) is 0 Å². The topological polar surface area (TPSA) is 69.7 Å². The van der Waals surface area contributed by atoms with Crippen molar-refractivity contribution in [2.24, 2.45) is 0 Å². The summed E-state index contributed by atoms with van der Waals surface area (Å²) >= 11 is 0. The fourth-order valence-corrected chi connectivity index (χ4v) is 4.91. The zero-order valence-electron chi connectivity index (χ0n) is 16.4. The molecular formula is C21H27N3O3S. The maximum atomic E-state index is 12.7. The van der Waals surface area contributed by atoms with Crippen LogP contribution in [0.15, 0.2) is 53.4 Å². The van der Waals surface area contributed by atoms with Gasteiger partial charge in [0.05, 0.1) is 11.4 Å². The fourth-order valence-electron chi connectivity index (χ4n) is 3.47. The summed E-state index contributed by atoms with van der Waals surface area (Å²) in [4.78, 5) is 14.6. The van der Waals surface area contributed by atoms with Crippen LogP contribution in [-0.2, 0) is 21.2 Å². The van der Waals surface area contributed by atoms with E-state index in [9.17, 15) is 13.2 Å². The van der Waals surface area contributed by atoms with E-state index in [1.807, 2.05) is 19.1 Å². The van der Waals surface area contributed by atoms with E-state index in [-0.39, 0.29) is 12.5 Å². The summed E-state index contributed by atoms with van der Waals surface area (Å²) in [6, 6.07) is 14.5. The van der Waals surface area contributed by atoms with Gasteiger partial charge in [-0.15, -0.1) is 0 Å². The molecule has 150 valence electrons. The number of anilines is 1. The number of nitrogens with zero attached hydrogens (tertiary/aromatic N) is 2. The molecule has 1 heterocycles. The van der Waals surface area contributed by atoms with Crippen LogP contribution in [0.3, 0.4) is 0 Å². The number of para-hydroxylation sites is 1. The molecule has 1 aliphatic rings. The molecule has 2 aromatic carbocycles. The molecule has 1 saturated heterocycles. The van der Waals surface area contributed by atoms with Gasteiger partial charge < -0.3 is 10.2 Å². The van der Waals surface area contributed by atoms with Gasteiger partial charge in [0.15, 0.2) is 0 Å². The predicted octanol–water partition coefficient (Wildman–Crippen LogP) is 2.50. The highest BCUT2D eigenvalue weighted by molar-refractivity contribution is 7.89. The van der Waals surface area contributed by atoms with Crippen LogP contribution in [0.4, 0.5) is 5.69 Å². The van der Waals surface area contributed by atoms with Gasteiger partial charge in [-0.3, -0.25) is 4.79 Å². The van der Waals surface area contributed by atoms with E-state index in [0.717, 1.165) is 17.7 Å². The Morgan fingerprint density at radius 3 is 2.32 bits per heavy atom. The second kappa shape index (κ2) is 8.75. The highest BCUT2D eigenvalue weighted by atomic mass is 32.2. The standard InChI is InChI=1S/C21H27N3O3S/c1-3-18-9-7-8-17(2)21(18)22-16-20(25)23-12-14-24(15-13-23)28(26,27)19-10-5-4-6-11-19/h4-11,22H,3,12-16H2,1-2H3. The molecule has 0 atom stereocenters. The molecule has 2 aromatic rings. The number of amides is 1. The van der Waals surface area contributed by atoms with Crippen molar-refractivity contribution in [1.29, 1.82) is 0 Å². The number of carbonyl (C=O) groups excluding carboxylic acids is 1. The second-order valence-electron chi connectivity index (χ2n) is 6.91. The Bertz CT molecular complexity index is 921. The van der Waals surface area contributed by atoms with Gasteiger partial charge in [0.2, 0.25) is 15.9 Å². The first-order valence-electron chi connectivity index (χ1n) is 9.59. The fraction of sp³-hybridized carbons (Fsp3) is 0.381. The van der Waals surface area contributed by atoms with E-state index in [0.29, 0.717) is 31.1 Å². The van der Waals surface area contributed by atoms with Crippen LogP contribution in [0.1, 0.15) is 18.1 Å². The minimum Gasteiger partial charge on any atom is -0.376 e. The number of hydrogen-bond donors (Lipinski definition) is 1. The van der Waals surface area contributed by atoms with Gasteiger partial charge in [0.1, 0.15) is 0 Å². The second-order valence-corrected chi connectivity index (χ2v) is 8.85. The third-order valence-corrected chi connectivity index (χ3v) is 7.04. The van der Waals surface area contributed by atoms with Crippen molar-refractivity contribution in [3.63, 3.8) is 0 Å². The number of rotatable bonds is 6. The quantitative estimate of drug-likeness (QED) is 0.807. The largest absolute Gasteiger partial charge is 0.376 e. The summed E-state index contributed by atoms with van der Waals surface area (Å²) in [5.74, 6) is -0.0120. The van der Waals surface area contributed by atoms with Crippen molar-refractivity contribution >= 4 is 21.6 Å². The third-order valence-electron chi connectivity index (χ3n) is 5.13. The molecule has 0 bridgehead atoms. The number of sulfonamides is 1. The van der Waals surface area contributed by atoms with Crippen LogP contribution < -0.4 is 5.32 Å². The number of carbonyl (C=O) groups is 1. The number of aryl methyl sites for hydroxylation is 2. The van der Waals surface area contributed by atoms with Gasteiger partial charge >= 0.3 is 0 Å². The van der Waals surface area contributed by atoms with Crippen LogP contribution in [0.2, 0.25) is 0 Å². The Morgan fingerprint density at radius 1 is 1.00 bits per heavy atom. The first kappa shape index (κ1) is 20.4. The molecule has 0 saturated carbocycles. The van der Waals surface area contributed by atoms with Crippen LogP contribution in [0, 0.1) is 6.92 Å². The first-order valence-corrected chi connectivity index (χ1v) is 11.0. The molecule has 3 rings (SSSR count). The van der Waals surface area contributed by atoms with Crippen molar-refractivity contribution in [2.45, 2.75) is 25.2 Å². The molecule has 7 heteroatoms. The van der Waals surface area contributed by atoms with E-state index in [1.165, 1.54) is 9.87 Å². The smallest absolute Gasteiger partial charge is 0.243 e. The van der Waals surface area contributed by atoms with Gasteiger partial charge in [-0.1, -0.05) is 43.3 Å². The lowest BCUT2D eigenvalue weighted by Crippen LogP contribution is -2.51. The lowest BCUT2D eigenvalue weighted by atomic mass is 10.1. The molecule has 6 nitrogen and oxygen atoms in total. The maximum absolute atomic E-state index is 12.7. The third kappa shape index (κ3) is 4.36. The summed E-state index contributed by atoms with van der Waals surface area (Å²) in [6.45, 7) is 5.76. The minimum absolute atomic E-state index is 0.0120. The van der Waals surface area contributed by atoms with Crippen molar-refractivity contribution in [3.8, 4) is 0 Å². The predicted molar refractivity (Wildman–Crippen MR) is 111 cm³/mol. The molecule has 0 spiro atoms. The van der Waals surface area contributed by atoms with E-state index in [2.05, 4.69) is 18.3 Å². The van der Waals surface area contributed by atoms with Gasteiger partial charge in [-0.25, -0.2) is 8.42 Å². The Balaban J connectivity index is 1.57. The number of benzene rings is 2. The van der Waals surface area contributed by atoms with Gasteiger partial charge in [-0.05, 0) is 36.6 Å². The van der Waals surface area contributed by atoms with Gasteiger partial charge in [0.25, 0.3) is 0 Å². The molecule has 28 heavy (non-hydrogen) atoms. The van der Waals surface area contributed by atoms with Crippen LogP contribution >= 0.6 is 0 Å². The number of nitrogens with one attached hydrogen (secondary N) is 1. The van der Waals surface area contributed by atoms with Crippen molar-refractivity contribution in [3.05, 3.63) is 59.7 Å². The zero-order chi connectivity index (χ0) is 20.1. The van der Waals surface area contributed by atoms with E-state index < -0.39 is 10.0 Å². The normalized spacial score (nSPS) is 15.4. The minimum atomic E-state index is -3.50. The molecule has 1 fully saturated rings. The highest BCUT2D eigenvalue weighted by Crippen LogP contribution is 2.21. The Hall–Kier alpha value is -2.38. The average molecular weight is 402 g/mol. The molecular weight excluding hydrogens is 374 g/mol. The lowest BCUT2D eigenvalue weighted by Gasteiger charge is -2.34. The molecule has 0 aliphatic carbocycles. The highest BCUT2D eigenvalue weighted by Gasteiger charge is 2.29. The van der Waals surface area contributed by atoms with Crippen molar-refractivity contribution < 1.29 is 13.2 Å². The summed E-state index contributed by atoms with van der Waals surface area (Å²) < 4.78 is 26.8.